The summed E-state index contributed by atoms with van der Waals surface area (Å²) in [6, 6.07) is 16.0. The zero-order valence-electron chi connectivity index (χ0n) is 17.8. The first-order chi connectivity index (χ1) is 14.5. The van der Waals surface area contributed by atoms with Gasteiger partial charge in [-0.3, -0.25) is 0 Å². The molecule has 2 unspecified atom stereocenters. The lowest BCUT2D eigenvalue weighted by atomic mass is 9.98. The molecular weight excluding hydrogens is 376 g/mol. The van der Waals surface area contributed by atoms with E-state index in [9.17, 15) is 9.90 Å². The maximum absolute atomic E-state index is 11.0. The molecular formula is C26H30O4. The van der Waals surface area contributed by atoms with Crippen LogP contribution in [0.3, 0.4) is 0 Å². The zero-order valence-corrected chi connectivity index (χ0v) is 17.8. The molecule has 0 amide bonds. The summed E-state index contributed by atoms with van der Waals surface area (Å²) in [6.07, 6.45) is 2.95. The van der Waals surface area contributed by atoms with Gasteiger partial charge in [0.1, 0.15) is 12.4 Å². The number of carbonyl (C=O) groups is 1. The van der Waals surface area contributed by atoms with Gasteiger partial charge < -0.3 is 14.6 Å². The Balaban J connectivity index is 1.79. The van der Waals surface area contributed by atoms with E-state index in [0.29, 0.717) is 24.7 Å². The zero-order chi connectivity index (χ0) is 21.8. The van der Waals surface area contributed by atoms with Crippen LogP contribution in [-0.4, -0.2) is 30.4 Å². The minimum Gasteiger partial charge on any atom is -0.493 e. The Bertz CT molecular complexity index is 857. The molecule has 158 valence electrons. The van der Waals surface area contributed by atoms with Gasteiger partial charge in [0.25, 0.3) is 0 Å². The quantitative estimate of drug-likeness (QED) is 0.358. The van der Waals surface area contributed by atoms with Crippen LogP contribution in [0.4, 0.5) is 0 Å². The predicted octanol–water partition coefficient (Wildman–Crippen LogP) is 4.53. The number of carbonyl (C=O) groups excluding carboxylic acids is 1. The Morgan fingerprint density at radius 2 is 1.70 bits per heavy atom. The second kappa shape index (κ2) is 12.5. The summed E-state index contributed by atoms with van der Waals surface area (Å²) in [6.45, 7) is 8.04. The lowest BCUT2D eigenvalue weighted by molar-refractivity contribution is -0.140. The van der Waals surface area contributed by atoms with Crippen molar-refractivity contribution in [1.82, 2.24) is 0 Å². The largest absolute Gasteiger partial charge is 0.493 e. The molecule has 0 aliphatic heterocycles. The molecule has 0 spiro atoms. The van der Waals surface area contributed by atoms with E-state index < -0.39 is 12.1 Å². The van der Waals surface area contributed by atoms with E-state index in [2.05, 4.69) is 56.5 Å². The first-order valence-corrected chi connectivity index (χ1v) is 10.3. The summed E-state index contributed by atoms with van der Waals surface area (Å²) in [7, 11) is 0. The SMILES string of the molecule is C=CC(=O)OCC(O)CCOc1ccc(C#Cc2ccc(CC(C)CC)cc2)cc1. The molecule has 0 saturated carbocycles. The fourth-order valence-corrected chi connectivity index (χ4v) is 2.68. The van der Waals surface area contributed by atoms with Gasteiger partial charge in [-0.15, -0.1) is 0 Å². The molecule has 0 aliphatic carbocycles. The summed E-state index contributed by atoms with van der Waals surface area (Å²) < 4.78 is 10.4. The predicted molar refractivity (Wildman–Crippen MR) is 119 cm³/mol. The van der Waals surface area contributed by atoms with Gasteiger partial charge in [-0.25, -0.2) is 4.79 Å². The van der Waals surface area contributed by atoms with E-state index >= 15 is 0 Å². The van der Waals surface area contributed by atoms with Crippen LogP contribution in [0.5, 0.6) is 5.75 Å². The van der Waals surface area contributed by atoms with Gasteiger partial charge in [-0.1, -0.05) is 50.8 Å². The molecule has 30 heavy (non-hydrogen) atoms. The van der Waals surface area contributed by atoms with Crippen LogP contribution in [-0.2, 0) is 16.0 Å². The minimum absolute atomic E-state index is 0.0681. The summed E-state index contributed by atoms with van der Waals surface area (Å²) in [4.78, 5) is 11.0. The monoisotopic (exact) mass is 406 g/mol. The van der Waals surface area contributed by atoms with E-state index in [1.165, 1.54) is 12.0 Å². The van der Waals surface area contributed by atoms with Crippen molar-refractivity contribution in [2.75, 3.05) is 13.2 Å². The summed E-state index contributed by atoms with van der Waals surface area (Å²) in [5.74, 6) is 7.20. The molecule has 4 heteroatoms. The van der Waals surface area contributed by atoms with Crippen LogP contribution in [0.1, 0.15) is 43.4 Å². The molecule has 0 fully saturated rings. The summed E-state index contributed by atoms with van der Waals surface area (Å²) >= 11 is 0. The van der Waals surface area contributed by atoms with Crippen LogP contribution in [0.2, 0.25) is 0 Å². The van der Waals surface area contributed by atoms with Crippen LogP contribution >= 0.6 is 0 Å². The van der Waals surface area contributed by atoms with Crippen molar-refractivity contribution < 1.29 is 19.4 Å². The highest BCUT2D eigenvalue weighted by atomic mass is 16.5. The lowest BCUT2D eigenvalue weighted by Crippen LogP contribution is -2.20. The van der Waals surface area contributed by atoms with Crippen molar-refractivity contribution >= 4 is 5.97 Å². The number of hydrogen-bond acceptors (Lipinski definition) is 4. The molecule has 0 saturated heterocycles. The first-order valence-electron chi connectivity index (χ1n) is 10.3. The van der Waals surface area contributed by atoms with E-state index in [1.807, 2.05) is 24.3 Å². The van der Waals surface area contributed by atoms with E-state index in [-0.39, 0.29) is 6.61 Å². The average molecular weight is 407 g/mol. The highest BCUT2D eigenvalue weighted by molar-refractivity contribution is 5.81. The Kier molecular flexibility index (Phi) is 9.70. The van der Waals surface area contributed by atoms with Crippen molar-refractivity contribution in [3.8, 4) is 17.6 Å². The Morgan fingerprint density at radius 1 is 1.10 bits per heavy atom. The third kappa shape index (κ3) is 8.55. The molecule has 0 aliphatic rings. The number of rotatable bonds is 10. The maximum atomic E-state index is 11.0. The van der Waals surface area contributed by atoms with Gasteiger partial charge >= 0.3 is 5.97 Å². The van der Waals surface area contributed by atoms with E-state index in [1.54, 1.807) is 0 Å². The fraction of sp³-hybridized carbons (Fsp3) is 0.346. The third-order valence-electron chi connectivity index (χ3n) is 4.74. The van der Waals surface area contributed by atoms with Gasteiger partial charge in [-0.05, 0) is 54.3 Å². The second-order valence-electron chi connectivity index (χ2n) is 7.31. The number of aliphatic hydroxyl groups is 1. The Morgan fingerprint density at radius 3 is 2.27 bits per heavy atom. The normalized spacial score (nSPS) is 12.2. The maximum Gasteiger partial charge on any atom is 0.330 e. The third-order valence-corrected chi connectivity index (χ3v) is 4.74. The topological polar surface area (TPSA) is 55.8 Å². The Labute approximate surface area is 179 Å². The highest BCUT2D eigenvalue weighted by Crippen LogP contribution is 2.14. The van der Waals surface area contributed by atoms with E-state index in [4.69, 9.17) is 9.47 Å². The molecule has 0 bridgehead atoms. The van der Waals surface area contributed by atoms with Gasteiger partial charge in [0.2, 0.25) is 0 Å². The fourth-order valence-electron chi connectivity index (χ4n) is 2.68. The molecule has 0 heterocycles. The van der Waals surface area contributed by atoms with E-state index in [0.717, 1.165) is 23.6 Å². The number of esters is 1. The molecule has 2 aromatic carbocycles. The number of aliphatic hydroxyl groups excluding tert-OH is 1. The summed E-state index contributed by atoms with van der Waals surface area (Å²) in [5.41, 5.74) is 3.25. The first kappa shape index (κ1) is 23.3. The molecule has 2 rings (SSSR count). The summed E-state index contributed by atoms with van der Waals surface area (Å²) in [5, 5.41) is 9.76. The highest BCUT2D eigenvalue weighted by Gasteiger charge is 2.07. The van der Waals surface area contributed by atoms with Crippen LogP contribution in [0, 0.1) is 17.8 Å². The number of ether oxygens (including phenoxy) is 2. The smallest absolute Gasteiger partial charge is 0.330 e. The molecule has 4 nitrogen and oxygen atoms in total. The standard InChI is InChI=1S/C26H30O4/c1-4-20(3)18-23-10-8-21(9-11-23)6-7-22-12-14-25(15-13-22)29-17-16-24(27)19-30-26(28)5-2/h5,8-15,20,24,27H,2,4,16-19H2,1,3H3. The van der Waals surface area contributed by atoms with Crippen LogP contribution in [0.25, 0.3) is 0 Å². The number of hydrogen-bond donors (Lipinski definition) is 1. The average Bonchev–Trinajstić information content (AvgIpc) is 2.77. The molecule has 2 aromatic rings. The van der Waals surface area contributed by atoms with Crippen molar-refractivity contribution in [3.05, 3.63) is 77.9 Å². The van der Waals surface area contributed by atoms with Crippen molar-refractivity contribution in [3.63, 3.8) is 0 Å². The lowest BCUT2D eigenvalue weighted by Gasteiger charge is -2.11. The van der Waals surface area contributed by atoms with Gasteiger partial charge in [-0.2, -0.15) is 0 Å². The molecule has 0 radical (unpaired) electrons. The van der Waals surface area contributed by atoms with Crippen molar-refractivity contribution in [2.24, 2.45) is 5.92 Å². The molecule has 1 N–H and O–H groups in total. The molecule has 0 aromatic heterocycles. The second-order valence-corrected chi connectivity index (χ2v) is 7.31. The number of benzene rings is 2. The van der Waals surface area contributed by atoms with Crippen molar-refractivity contribution in [1.29, 1.82) is 0 Å². The van der Waals surface area contributed by atoms with Crippen molar-refractivity contribution in [2.45, 2.75) is 39.2 Å². The Hall–Kier alpha value is -3.03. The van der Waals surface area contributed by atoms with Gasteiger partial charge in [0.05, 0.1) is 12.7 Å². The van der Waals surface area contributed by atoms with Gasteiger partial charge in [0.15, 0.2) is 0 Å². The van der Waals surface area contributed by atoms with Gasteiger partial charge in [0, 0.05) is 23.6 Å². The minimum atomic E-state index is -0.768. The van der Waals surface area contributed by atoms with Crippen LogP contribution in [0.15, 0.2) is 61.2 Å². The van der Waals surface area contributed by atoms with Crippen LogP contribution < -0.4 is 4.74 Å². The molecule has 2 atom stereocenters.